The molecule has 8 amide bonds. The molecule has 0 aliphatic heterocycles. The first-order chi connectivity index (χ1) is 47.7. The number of carboxylic acid groups (broad SMARTS) is 1. The van der Waals surface area contributed by atoms with Crippen molar-refractivity contribution >= 4 is 98.9 Å². The van der Waals surface area contributed by atoms with Gasteiger partial charge in [0.2, 0.25) is 47.3 Å². The molecule has 2 aromatic carbocycles. The molecular weight excluding hydrogens is 1290 g/mol. The Hall–Kier alpha value is -11.0. The van der Waals surface area contributed by atoms with Crippen molar-refractivity contribution in [2.24, 2.45) is 83.2 Å². The molecule has 0 saturated heterocycles. The van der Waals surface area contributed by atoms with Gasteiger partial charge >= 0.3 is 5.97 Å². The highest BCUT2D eigenvalue weighted by molar-refractivity contribution is 5.99. The summed E-state index contributed by atoms with van der Waals surface area (Å²) in [4.78, 5) is 159. The van der Waals surface area contributed by atoms with Gasteiger partial charge in [-0.05, 0) is 113 Å². The Morgan fingerprint density at radius 1 is 0.440 bits per heavy atom. The SMILES string of the molecule is CC(C)C[C@H](NC(=O)[C@H](Cc1cnc[nH]1)NC(=O)[C@H](Cc1c[nH]c2ccccc12)NC(=O)[C@H](CCCN=C(N)N)NC(=O)[C@H](CCCN=C(N)N)NC(=O)[C@H](Cc1c[nH]c2ccccc12)NC(=O)[C@H](CCCCN)NC(=O)[C@H](CCCN=C(N)N)NC(=O)[C@@H](N)CCCN=C(N)N)C(=O)O. The van der Waals surface area contributed by atoms with Crippen LogP contribution in [0.15, 0.2) is 93.4 Å². The lowest BCUT2D eigenvalue weighted by Gasteiger charge is -2.28. The van der Waals surface area contributed by atoms with Crippen LogP contribution >= 0.6 is 0 Å². The predicted octanol–water partition coefficient (Wildman–Crippen LogP) is -3.92. The summed E-state index contributed by atoms with van der Waals surface area (Å²) >= 11 is 0. The summed E-state index contributed by atoms with van der Waals surface area (Å²) in [5.74, 6) is -8.95. The number of aliphatic imine (C=N–C) groups is 4. The molecule has 0 saturated carbocycles. The highest BCUT2D eigenvalue weighted by Crippen LogP contribution is 2.22. The number of aliphatic carboxylic acids is 1. The maximum absolute atomic E-state index is 15.2. The van der Waals surface area contributed by atoms with Crippen molar-refractivity contribution < 1.29 is 48.3 Å². The van der Waals surface area contributed by atoms with Crippen molar-refractivity contribution in [1.29, 1.82) is 0 Å². The minimum Gasteiger partial charge on any atom is -0.480 e. The number of nitrogens with two attached hydrogens (primary N) is 10. The van der Waals surface area contributed by atoms with Gasteiger partial charge in [0.1, 0.15) is 48.3 Å². The zero-order valence-corrected chi connectivity index (χ0v) is 56.5. The number of fused-ring (bicyclic) bond motifs is 2. The van der Waals surface area contributed by atoms with E-state index in [0.29, 0.717) is 57.9 Å². The number of carbonyl (C=O) groups is 9. The Balaban J connectivity index is 1.52. The molecule has 0 aliphatic rings. The molecule has 546 valence electrons. The standard InChI is InChI=1S/C64H100N26O10/c1-35(2)27-51(60(99)100)90-59(98)50(30-38-33-75-34-82-38)89-58(97)49(29-37-32-81-43-17-6-4-14-40(37)43)88-56(95)47(21-12-26-79-64(73)74)85-54(93)46(20-11-25-78-63(71)72)86-57(96)48(28-36-31-80-42-16-5-3-13-39(36)42)87-55(94)44(18-7-8-22-65)84-53(92)45(19-10-24-77-62(69)70)83-52(91)41(66)15-9-23-76-61(67)68/h3-6,13-14,16-17,31-35,41,44-51,80-81H,7-12,15,18-30,65-66H2,1-2H3,(H,75,82)(H,83,91)(H,84,92)(H,85,93)(H,86,96)(H,87,94)(H,88,95)(H,89,97)(H,90,98)(H,99,100)(H4,67,68,76)(H4,69,70,77)(H4,71,72,78)(H4,73,74,79)/t41-,44-,45-,46-,47-,48-,49-,50-,51-/m0/s1. The van der Waals surface area contributed by atoms with E-state index in [1.807, 2.05) is 12.1 Å². The molecule has 100 heavy (non-hydrogen) atoms. The van der Waals surface area contributed by atoms with E-state index < -0.39 is 108 Å². The summed E-state index contributed by atoms with van der Waals surface area (Å²) in [6.45, 7) is 4.04. The minimum atomic E-state index is -1.50. The molecule has 36 nitrogen and oxygen atoms in total. The topological polar surface area (TPSA) is 640 Å². The van der Waals surface area contributed by atoms with Crippen molar-refractivity contribution in [2.75, 3.05) is 32.7 Å². The number of rotatable bonds is 45. The van der Waals surface area contributed by atoms with E-state index in [2.05, 4.69) is 82.4 Å². The van der Waals surface area contributed by atoms with E-state index in [1.54, 1.807) is 62.6 Å². The summed E-state index contributed by atoms with van der Waals surface area (Å²) in [5.41, 5.74) is 59.8. The zero-order valence-electron chi connectivity index (χ0n) is 56.5. The third kappa shape index (κ3) is 27.5. The fourth-order valence-electron chi connectivity index (χ4n) is 10.9. The molecule has 0 aliphatic carbocycles. The number of carboxylic acids is 1. The lowest BCUT2D eigenvalue weighted by atomic mass is 10.0. The van der Waals surface area contributed by atoms with E-state index in [9.17, 15) is 33.9 Å². The molecule has 0 radical (unpaired) electrons. The minimum absolute atomic E-state index is 0.00533. The van der Waals surface area contributed by atoms with Crippen LogP contribution in [0.25, 0.3) is 21.8 Å². The number of imidazole rings is 1. The number of hydrogen-bond donors (Lipinski definition) is 22. The zero-order chi connectivity index (χ0) is 73.3. The molecule has 9 atom stereocenters. The summed E-state index contributed by atoms with van der Waals surface area (Å²) in [6.07, 6.45) is 6.91. The smallest absolute Gasteiger partial charge is 0.326 e. The van der Waals surface area contributed by atoms with E-state index in [4.69, 9.17) is 57.3 Å². The van der Waals surface area contributed by atoms with Gasteiger partial charge in [-0.2, -0.15) is 0 Å². The van der Waals surface area contributed by atoms with Crippen molar-refractivity contribution in [1.82, 2.24) is 62.5 Å². The van der Waals surface area contributed by atoms with Crippen LogP contribution in [-0.4, -0.2) is 189 Å². The molecule has 0 unspecified atom stereocenters. The number of para-hydroxylation sites is 2. The van der Waals surface area contributed by atoms with Gasteiger partial charge in [-0.1, -0.05) is 50.2 Å². The van der Waals surface area contributed by atoms with Gasteiger partial charge < -0.3 is 120 Å². The number of benzene rings is 2. The molecule has 0 spiro atoms. The molecule has 36 heteroatoms. The third-order valence-corrected chi connectivity index (χ3v) is 16.0. The van der Waals surface area contributed by atoms with E-state index >= 15 is 14.4 Å². The predicted molar refractivity (Wildman–Crippen MR) is 379 cm³/mol. The molecular formula is C64H100N26O10. The van der Waals surface area contributed by atoms with Crippen LogP contribution in [0.3, 0.4) is 0 Å². The molecule has 5 aromatic rings. The van der Waals surface area contributed by atoms with Gasteiger partial charge in [0.05, 0.1) is 12.4 Å². The molecule has 3 aromatic heterocycles. The maximum Gasteiger partial charge on any atom is 0.326 e. The monoisotopic (exact) mass is 1390 g/mol. The molecule has 5 rings (SSSR count). The van der Waals surface area contributed by atoms with Gasteiger partial charge in [0.25, 0.3) is 0 Å². The second kappa shape index (κ2) is 41.3. The van der Waals surface area contributed by atoms with Crippen LogP contribution in [0.2, 0.25) is 0 Å². The van der Waals surface area contributed by atoms with Crippen molar-refractivity contribution in [3.8, 4) is 0 Å². The van der Waals surface area contributed by atoms with E-state index in [1.165, 1.54) is 12.5 Å². The Labute approximate surface area is 578 Å². The van der Waals surface area contributed by atoms with Gasteiger partial charge in [-0.15, -0.1) is 0 Å². The molecule has 0 bridgehead atoms. The van der Waals surface area contributed by atoms with Gasteiger partial charge in [0, 0.05) is 91.5 Å². The van der Waals surface area contributed by atoms with Gasteiger partial charge in [-0.25, -0.2) is 9.78 Å². The fraction of sp³-hybridized carbons (Fsp3) is 0.500. The second-order valence-corrected chi connectivity index (χ2v) is 24.6. The normalized spacial score (nSPS) is 13.8. The third-order valence-electron chi connectivity index (χ3n) is 16.0. The summed E-state index contributed by atoms with van der Waals surface area (Å²) < 4.78 is 0. The van der Waals surface area contributed by atoms with Crippen molar-refractivity contribution in [3.63, 3.8) is 0 Å². The second-order valence-electron chi connectivity index (χ2n) is 24.6. The van der Waals surface area contributed by atoms with Crippen LogP contribution in [0.1, 0.15) is 108 Å². The van der Waals surface area contributed by atoms with E-state index in [0.717, 1.165) is 0 Å². The Bertz CT molecular complexity index is 3610. The largest absolute Gasteiger partial charge is 0.480 e. The average molecular weight is 1390 g/mol. The van der Waals surface area contributed by atoms with E-state index in [-0.39, 0.29) is 140 Å². The maximum atomic E-state index is 15.2. The number of hydrogen-bond acceptors (Lipinski definition) is 16. The number of amides is 8. The van der Waals surface area contributed by atoms with Gasteiger partial charge in [0.15, 0.2) is 23.8 Å². The number of aromatic amines is 3. The highest BCUT2D eigenvalue weighted by atomic mass is 16.4. The Kier molecular flexibility index (Phi) is 32.9. The molecule has 3 heterocycles. The number of carbonyl (C=O) groups excluding carboxylic acids is 8. The first kappa shape index (κ1) is 79.6. The first-order valence-electron chi connectivity index (χ1n) is 33.1. The average Bonchev–Trinajstić information content (AvgIpc) is 1.64. The van der Waals surface area contributed by atoms with Crippen molar-refractivity contribution in [3.05, 3.63) is 90.3 Å². The highest BCUT2D eigenvalue weighted by Gasteiger charge is 2.36. The summed E-state index contributed by atoms with van der Waals surface area (Å²) in [5, 5.41) is 33.4. The number of nitrogens with zero attached hydrogens (tertiary/aromatic N) is 5. The van der Waals surface area contributed by atoms with Crippen molar-refractivity contribution in [2.45, 2.75) is 165 Å². The van der Waals surface area contributed by atoms with Gasteiger partial charge in [-0.3, -0.25) is 58.3 Å². The Morgan fingerprint density at radius 3 is 1.14 bits per heavy atom. The number of H-pyrrole nitrogens is 3. The number of unbranched alkanes of at least 4 members (excludes halogenated alkanes) is 1. The summed E-state index contributed by atoms with van der Waals surface area (Å²) in [6, 6.07) is 1.98. The lowest BCUT2D eigenvalue weighted by Crippen LogP contribution is -2.61. The molecule has 32 N–H and O–H groups in total. The van der Waals surface area contributed by atoms with Crippen LogP contribution in [0, 0.1) is 5.92 Å². The fourth-order valence-corrected chi connectivity index (χ4v) is 10.9. The Morgan fingerprint density at radius 2 is 0.780 bits per heavy atom. The number of aromatic nitrogens is 4. The van der Waals surface area contributed by atoms with Crippen LogP contribution < -0.4 is 99.9 Å². The molecule has 0 fully saturated rings. The van der Waals surface area contributed by atoms with Crippen LogP contribution in [0.5, 0.6) is 0 Å². The summed E-state index contributed by atoms with van der Waals surface area (Å²) in [7, 11) is 0. The lowest BCUT2D eigenvalue weighted by molar-refractivity contribution is -0.142. The number of guanidine groups is 4. The first-order valence-corrected chi connectivity index (χ1v) is 33.1. The quantitative estimate of drug-likeness (QED) is 0.0101. The number of nitrogens with one attached hydrogen (secondary N) is 11. The van der Waals surface area contributed by atoms with Crippen LogP contribution in [0.4, 0.5) is 0 Å². The van der Waals surface area contributed by atoms with Crippen LogP contribution in [-0.2, 0) is 62.4 Å².